The van der Waals surface area contributed by atoms with E-state index < -0.39 is 15.0 Å². The molecule has 0 radical (unpaired) electrons. The van der Waals surface area contributed by atoms with Crippen LogP contribution in [0.5, 0.6) is 0 Å². The van der Waals surface area contributed by atoms with Crippen molar-refractivity contribution in [3.63, 3.8) is 0 Å². The van der Waals surface area contributed by atoms with Gasteiger partial charge in [0.25, 0.3) is 15.8 Å². The molecule has 0 atom stereocenters. The molecule has 0 aromatic heterocycles. The van der Waals surface area contributed by atoms with E-state index in [0.29, 0.717) is 6.42 Å². The number of rotatable bonds is 6. The van der Waals surface area contributed by atoms with Crippen molar-refractivity contribution in [3.05, 3.63) is 47.0 Å². The molecule has 0 aliphatic carbocycles. The first-order valence-electron chi connectivity index (χ1n) is 4.72. The second-order valence-corrected chi connectivity index (χ2v) is 4.72. The molecule has 0 saturated carbocycles. The second-order valence-electron chi connectivity index (χ2n) is 3.10. The minimum atomic E-state index is -3.85. The summed E-state index contributed by atoms with van der Waals surface area (Å²) < 4.78 is 27.8. The lowest BCUT2D eigenvalue weighted by Crippen LogP contribution is -2.07. The van der Waals surface area contributed by atoms with Gasteiger partial charge in [0.1, 0.15) is 0 Å². The molecular formula is C10H11NO5S. The molecule has 0 aliphatic rings. The largest absolute Gasteiger partial charge is 0.296 e. The van der Waals surface area contributed by atoms with Gasteiger partial charge in [-0.05, 0) is 18.6 Å². The molecule has 1 aromatic carbocycles. The molecule has 6 nitrogen and oxygen atoms in total. The van der Waals surface area contributed by atoms with Crippen molar-refractivity contribution in [3.8, 4) is 0 Å². The Morgan fingerprint density at radius 2 is 1.94 bits per heavy atom. The van der Waals surface area contributed by atoms with Crippen LogP contribution in [0.4, 0.5) is 5.69 Å². The minimum absolute atomic E-state index is 0.00280. The van der Waals surface area contributed by atoms with Gasteiger partial charge < -0.3 is 0 Å². The maximum atomic E-state index is 11.6. The highest BCUT2D eigenvalue weighted by Crippen LogP contribution is 2.17. The number of non-ortho nitro benzene ring substituents is 1. The molecule has 0 heterocycles. The monoisotopic (exact) mass is 257 g/mol. The zero-order chi connectivity index (χ0) is 12.9. The summed E-state index contributed by atoms with van der Waals surface area (Å²) in [6.07, 6.45) is 1.94. The predicted molar refractivity (Wildman–Crippen MR) is 61.0 cm³/mol. The number of nitro groups is 1. The normalized spacial score (nSPS) is 11.1. The standard InChI is InChI=1S/C10H11NO5S/c1-2-3-8-16-17(14,15)10-6-4-9(5-7-10)11(12)13/h2,4-7H,1,3,8H2. The van der Waals surface area contributed by atoms with E-state index in [2.05, 4.69) is 10.8 Å². The number of hydrogen-bond acceptors (Lipinski definition) is 5. The smallest absolute Gasteiger partial charge is 0.266 e. The van der Waals surface area contributed by atoms with E-state index in [0.717, 1.165) is 24.3 Å². The lowest BCUT2D eigenvalue weighted by molar-refractivity contribution is -0.384. The molecule has 1 aromatic rings. The molecule has 0 aliphatic heterocycles. The average Bonchev–Trinajstić information content (AvgIpc) is 2.29. The van der Waals surface area contributed by atoms with E-state index in [-0.39, 0.29) is 17.2 Å². The molecule has 0 fully saturated rings. The Kier molecular flexibility index (Phi) is 4.36. The van der Waals surface area contributed by atoms with E-state index >= 15 is 0 Å². The van der Waals surface area contributed by atoms with Crippen LogP contribution in [0, 0.1) is 10.1 Å². The maximum absolute atomic E-state index is 11.6. The Hall–Kier alpha value is -1.73. The van der Waals surface area contributed by atoms with Crippen molar-refractivity contribution < 1.29 is 17.5 Å². The van der Waals surface area contributed by atoms with Crippen molar-refractivity contribution >= 4 is 15.8 Å². The first kappa shape index (κ1) is 13.3. The van der Waals surface area contributed by atoms with Crippen LogP contribution in [-0.4, -0.2) is 19.9 Å². The van der Waals surface area contributed by atoms with Crippen LogP contribution in [0.1, 0.15) is 6.42 Å². The van der Waals surface area contributed by atoms with Gasteiger partial charge in [-0.15, -0.1) is 6.58 Å². The van der Waals surface area contributed by atoms with Gasteiger partial charge in [0.05, 0.1) is 16.4 Å². The van der Waals surface area contributed by atoms with Crippen LogP contribution in [0.25, 0.3) is 0 Å². The predicted octanol–water partition coefficient (Wildman–Crippen LogP) is 1.88. The number of hydrogen-bond donors (Lipinski definition) is 0. The third kappa shape index (κ3) is 3.65. The molecule has 17 heavy (non-hydrogen) atoms. The molecule has 92 valence electrons. The molecule has 0 saturated heterocycles. The third-order valence-electron chi connectivity index (χ3n) is 1.90. The summed E-state index contributed by atoms with van der Waals surface area (Å²) in [6.45, 7) is 3.44. The summed E-state index contributed by atoms with van der Waals surface area (Å²) in [5, 5.41) is 10.4. The highest BCUT2D eigenvalue weighted by atomic mass is 32.2. The van der Waals surface area contributed by atoms with E-state index in [4.69, 9.17) is 0 Å². The van der Waals surface area contributed by atoms with Crippen molar-refractivity contribution in [2.24, 2.45) is 0 Å². The van der Waals surface area contributed by atoms with Gasteiger partial charge in [-0.3, -0.25) is 14.3 Å². The van der Waals surface area contributed by atoms with Crippen molar-refractivity contribution in [1.82, 2.24) is 0 Å². The van der Waals surface area contributed by atoms with Crippen LogP contribution in [-0.2, 0) is 14.3 Å². The van der Waals surface area contributed by atoms with Crippen molar-refractivity contribution in [2.75, 3.05) is 6.61 Å². The highest BCUT2D eigenvalue weighted by molar-refractivity contribution is 7.86. The van der Waals surface area contributed by atoms with Gasteiger partial charge in [0, 0.05) is 12.1 Å². The quantitative estimate of drug-likeness (QED) is 0.255. The van der Waals surface area contributed by atoms with Crippen molar-refractivity contribution in [2.45, 2.75) is 11.3 Å². The fourth-order valence-electron chi connectivity index (χ4n) is 1.04. The molecular weight excluding hydrogens is 246 g/mol. The van der Waals surface area contributed by atoms with Crippen LogP contribution >= 0.6 is 0 Å². The van der Waals surface area contributed by atoms with Crippen LogP contribution in [0.2, 0.25) is 0 Å². The Labute approximate surface area is 98.8 Å². The molecule has 7 heteroatoms. The lowest BCUT2D eigenvalue weighted by atomic mass is 10.3. The lowest BCUT2D eigenvalue weighted by Gasteiger charge is -2.03. The van der Waals surface area contributed by atoms with Gasteiger partial charge in [0.2, 0.25) is 0 Å². The number of nitrogens with zero attached hydrogens (tertiary/aromatic N) is 1. The Morgan fingerprint density at radius 1 is 1.35 bits per heavy atom. The van der Waals surface area contributed by atoms with E-state index in [1.165, 1.54) is 6.08 Å². The first-order chi connectivity index (χ1) is 7.97. The van der Waals surface area contributed by atoms with Gasteiger partial charge in [-0.1, -0.05) is 6.08 Å². The SMILES string of the molecule is C=CCCOS(=O)(=O)c1ccc([N+](=O)[O-])cc1. The average molecular weight is 257 g/mol. The van der Waals surface area contributed by atoms with Gasteiger partial charge in [0.15, 0.2) is 0 Å². The highest BCUT2D eigenvalue weighted by Gasteiger charge is 2.16. The fourth-order valence-corrected chi connectivity index (χ4v) is 1.96. The van der Waals surface area contributed by atoms with Gasteiger partial charge in [-0.2, -0.15) is 8.42 Å². The molecule has 0 amide bonds. The summed E-state index contributed by atoms with van der Waals surface area (Å²) >= 11 is 0. The first-order valence-corrected chi connectivity index (χ1v) is 6.13. The molecule has 1 rings (SSSR count). The summed E-state index contributed by atoms with van der Waals surface area (Å²) in [5.74, 6) is 0. The molecule has 0 unspecified atom stereocenters. The fraction of sp³-hybridized carbons (Fsp3) is 0.200. The molecule has 0 N–H and O–H groups in total. The third-order valence-corrected chi connectivity index (χ3v) is 3.22. The summed E-state index contributed by atoms with van der Waals surface area (Å²) in [4.78, 5) is 9.68. The van der Waals surface area contributed by atoms with Crippen LogP contribution < -0.4 is 0 Å². The Morgan fingerprint density at radius 3 is 2.41 bits per heavy atom. The molecule has 0 bridgehead atoms. The topological polar surface area (TPSA) is 86.5 Å². The summed E-state index contributed by atoms with van der Waals surface area (Å²) in [7, 11) is -3.85. The van der Waals surface area contributed by atoms with Gasteiger partial charge >= 0.3 is 0 Å². The van der Waals surface area contributed by atoms with Gasteiger partial charge in [-0.25, -0.2) is 0 Å². The van der Waals surface area contributed by atoms with E-state index in [1.807, 2.05) is 0 Å². The van der Waals surface area contributed by atoms with Crippen LogP contribution in [0.15, 0.2) is 41.8 Å². The Balaban J connectivity index is 2.85. The summed E-state index contributed by atoms with van der Waals surface area (Å²) in [5.41, 5.74) is -0.171. The van der Waals surface area contributed by atoms with Crippen LogP contribution in [0.3, 0.4) is 0 Å². The molecule has 0 spiro atoms. The zero-order valence-corrected chi connectivity index (χ0v) is 9.72. The zero-order valence-electron chi connectivity index (χ0n) is 8.90. The van der Waals surface area contributed by atoms with Crippen molar-refractivity contribution in [1.29, 1.82) is 0 Å². The minimum Gasteiger partial charge on any atom is -0.266 e. The van der Waals surface area contributed by atoms with E-state index in [1.54, 1.807) is 0 Å². The second kappa shape index (κ2) is 5.55. The maximum Gasteiger partial charge on any atom is 0.296 e. The number of benzene rings is 1. The number of nitro benzene ring substituents is 1. The Bertz CT molecular complexity index is 506. The van der Waals surface area contributed by atoms with E-state index in [9.17, 15) is 18.5 Å². The summed E-state index contributed by atoms with van der Waals surface area (Å²) in [6, 6.07) is 4.51.